The highest BCUT2D eigenvalue weighted by Crippen LogP contribution is 2.37. The summed E-state index contributed by atoms with van der Waals surface area (Å²) in [5.74, 6) is -0.324. The van der Waals surface area contributed by atoms with E-state index in [1.54, 1.807) is 49.4 Å². The molecule has 0 fully saturated rings. The summed E-state index contributed by atoms with van der Waals surface area (Å²) < 4.78 is -1.07. The normalized spacial score (nSPS) is 13.2. The van der Waals surface area contributed by atoms with Gasteiger partial charge in [0.15, 0.2) is 5.78 Å². The smallest absolute Gasteiger partial charge is 0.221 e. The van der Waals surface area contributed by atoms with Gasteiger partial charge in [0.2, 0.25) is 5.91 Å². The number of carbonyl (C=O) groups is 2. The molecule has 0 saturated carbocycles. The summed E-state index contributed by atoms with van der Waals surface area (Å²) in [7, 11) is 0. The molecule has 0 aliphatic rings. The molecule has 0 saturated heterocycles. The van der Waals surface area contributed by atoms with Crippen molar-refractivity contribution >= 4 is 50.8 Å². The summed E-state index contributed by atoms with van der Waals surface area (Å²) >= 11 is 15.7. The summed E-state index contributed by atoms with van der Waals surface area (Å²) in [5.41, 5.74) is 1.15. The van der Waals surface area contributed by atoms with Crippen LogP contribution >= 0.6 is 39.1 Å². The third-order valence-corrected chi connectivity index (χ3v) is 5.02. The number of Topliss-reactive ketones (excluding diaryl/α,β-unsaturated/α-hetero) is 1. The number of ketones is 1. The van der Waals surface area contributed by atoms with Crippen LogP contribution in [0.25, 0.3) is 0 Å². The minimum absolute atomic E-state index is 0.0180. The van der Waals surface area contributed by atoms with E-state index in [0.29, 0.717) is 27.6 Å². The number of benzene rings is 2. The zero-order chi connectivity index (χ0) is 17.7. The minimum Gasteiger partial charge on any atom is -0.337 e. The molecule has 2 aromatic rings. The zero-order valence-corrected chi connectivity index (χ0v) is 16.1. The van der Waals surface area contributed by atoms with Crippen molar-refractivity contribution in [1.29, 1.82) is 0 Å². The summed E-state index contributed by atoms with van der Waals surface area (Å²) in [6.07, 6.45) is 0.317. The van der Waals surface area contributed by atoms with E-state index in [1.807, 2.05) is 6.07 Å². The topological polar surface area (TPSA) is 46.2 Å². The van der Waals surface area contributed by atoms with Gasteiger partial charge >= 0.3 is 0 Å². The highest BCUT2D eigenvalue weighted by molar-refractivity contribution is 9.09. The summed E-state index contributed by atoms with van der Waals surface area (Å²) in [6.45, 7) is 1.75. The van der Waals surface area contributed by atoms with Gasteiger partial charge in [0, 0.05) is 34.0 Å². The Bertz CT molecular complexity index is 749. The third-order valence-electron chi connectivity index (χ3n) is 3.53. The number of nitrogens with one attached hydrogen (secondary N) is 1. The standard InChI is InChI=1S/C18H16BrCl2NO2/c1-2-17(24)22-18(19,14-5-3-4-6-15(14)21)11-16(23)12-7-9-13(20)10-8-12/h3-10H,2,11H2,1H3,(H,22,24). The van der Waals surface area contributed by atoms with Crippen molar-refractivity contribution in [3.63, 3.8) is 0 Å². The maximum atomic E-state index is 12.7. The molecule has 1 N–H and O–H groups in total. The second-order valence-corrected chi connectivity index (χ2v) is 7.49. The van der Waals surface area contributed by atoms with E-state index in [4.69, 9.17) is 23.2 Å². The molecule has 2 rings (SSSR count). The van der Waals surface area contributed by atoms with Crippen LogP contribution in [-0.2, 0) is 9.24 Å². The molecule has 126 valence electrons. The lowest BCUT2D eigenvalue weighted by atomic mass is 9.97. The monoisotopic (exact) mass is 427 g/mol. The molecule has 2 aromatic carbocycles. The van der Waals surface area contributed by atoms with Crippen LogP contribution in [0.3, 0.4) is 0 Å². The first-order valence-corrected chi connectivity index (χ1v) is 8.94. The molecule has 3 nitrogen and oxygen atoms in total. The van der Waals surface area contributed by atoms with Gasteiger partial charge in [-0.1, -0.05) is 64.3 Å². The number of hydrogen-bond donors (Lipinski definition) is 1. The molecular weight excluding hydrogens is 413 g/mol. The molecular formula is C18H16BrCl2NO2. The van der Waals surface area contributed by atoms with Gasteiger partial charge < -0.3 is 5.32 Å². The molecule has 1 atom stereocenters. The van der Waals surface area contributed by atoms with Gasteiger partial charge in [0.05, 0.1) is 0 Å². The van der Waals surface area contributed by atoms with Gasteiger partial charge in [-0.25, -0.2) is 0 Å². The molecule has 0 aliphatic heterocycles. The number of carbonyl (C=O) groups excluding carboxylic acids is 2. The van der Waals surface area contributed by atoms with E-state index in [1.165, 1.54) is 0 Å². The highest BCUT2D eigenvalue weighted by Gasteiger charge is 2.35. The van der Waals surface area contributed by atoms with Crippen LogP contribution in [0.5, 0.6) is 0 Å². The molecule has 0 radical (unpaired) electrons. The molecule has 6 heteroatoms. The molecule has 0 bridgehead atoms. The Morgan fingerprint density at radius 2 is 1.71 bits per heavy atom. The number of amides is 1. The van der Waals surface area contributed by atoms with Crippen LogP contribution in [0.1, 0.15) is 35.7 Å². The number of hydrogen-bond acceptors (Lipinski definition) is 2. The fourth-order valence-electron chi connectivity index (χ4n) is 2.26. The van der Waals surface area contributed by atoms with Crippen LogP contribution in [0, 0.1) is 0 Å². The lowest BCUT2D eigenvalue weighted by Gasteiger charge is -2.29. The van der Waals surface area contributed by atoms with Crippen molar-refractivity contribution in [2.45, 2.75) is 24.2 Å². The Balaban J connectivity index is 2.36. The van der Waals surface area contributed by atoms with Gasteiger partial charge in [-0.05, 0) is 30.3 Å². The molecule has 0 aromatic heterocycles. The Hall–Kier alpha value is -1.36. The predicted octanol–water partition coefficient (Wildman–Crippen LogP) is 5.34. The summed E-state index contributed by atoms with van der Waals surface area (Å²) in [5, 5.41) is 3.88. The van der Waals surface area contributed by atoms with E-state index in [0.717, 1.165) is 0 Å². The number of alkyl halides is 1. The molecule has 0 heterocycles. The van der Waals surface area contributed by atoms with Crippen molar-refractivity contribution in [2.24, 2.45) is 0 Å². The van der Waals surface area contributed by atoms with Gasteiger partial charge in [-0.3, -0.25) is 9.59 Å². The molecule has 24 heavy (non-hydrogen) atoms. The SMILES string of the molecule is CCC(=O)NC(Br)(CC(=O)c1ccc(Cl)cc1)c1ccccc1Cl. The predicted molar refractivity (Wildman–Crippen MR) is 101 cm³/mol. The van der Waals surface area contributed by atoms with Crippen LogP contribution < -0.4 is 5.32 Å². The third kappa shape index (κ3) is 4.59. The lowest BCUT2D eigenvalue weighted by Crippen LogP contribution is -2.42. The van der Waals surface area contributed by atoms with E-state index >= 15 is 0 Å². The molecule has 1 unspecified atom stereocenters. The van der Waals surface area contributed by atoms with E-state index < -0.39 is 4.45 Å². The van der Waals surface area contributed by atoms with Crippen molar-refractivity contribution in [3.8, 4) is 0 Å². The van der Waals surface area contributed by atoms with Crippen LogP contribution in [0.15, 0.2) is 48.5 Å². The molecule has 0 spiro atoms. The van der Waals surface area contributed by atoms with Gasteiger partial charge in [-0.15, -0.1) is 0 Å². The fourth-order valence-corrected chi connectivity index (χ4v) is 3.62. The number of halogens is 3. The molecule has 0 aliphatic carbocycles. The summed E-state index contributed by atoms with van der Waals surface area (Å²) in [4.78, 5) is 24.6. The van der Waals surface area contributed by atoms with Gasteiger partial charge in [-0.2, -0.15) is 0 Å². The van der Waals surface area contributed by atoms with Crippen molar-refractivity contribution in [2.75, 3.05) is 0 Å². The van der Waals surface area contributed by atoms with E-state index in [2.05, 4.69) is 21.2 Å². The summed E-state index contributed by atoms with van der Waals surface area (Å²) in [6, 6.07) is 13.7. The largest absolute Gasteiger partial charge is 0.337 e. The maximum absolute atomic E-state index is 12.7. The van der Waals surface area contributed by atoms with E-state index in [9.17, 15) is 9.59 Å². The average Bonchev–Trinajstić information content (AvgIpc) is 2.55. The van der Waals surface area contributed by atoms with Crippen LogP contribution in [0.4, 0.5) is 0 Å². The van der Waals surface area contributed by atoms with Gasteiger partial charge in [0.25, 0.3) is 0 Å². The minimum atomic E-state index is -1.07. The van der Waals surface area contributed by atoms with Crippen molar-refractivity contribution in [3.05, 3.63) is 69.7 Å². The Labute approximate surface area is 159 Å². The average molecular weight is 429 g/mol. The Kier molecular flexibility index (Phi) is 6.44. The van der Waals surface area contributed by atoms with Crippen molar-refractivity contribution in [1.82, 2.24) is 5.32 Å². The number of rotatable bonds is 6. The second-order valence-electron chi connectivity index (χ2n) is 5.29. The second kappa shape index (κ2) is 8.15. The van der Waals surface area contributed by atoms with Crippen LogP contribution in [-0.4, -0.2) is 11.7 Å². The van der Waals surface area contributed by atoms with Gasteiger partial charge in [0.1, 0.15) is 4.45 Å². The highest BCUT2D eigenvalue weighted by atomic mass is 79.9. The molecule has 1 amide bonds. The Morgan fingerprint density at radius 1 is 1.08 bits per heavy atom. The first-order chi connectivity index (χ1) is 11.4. The first kappa shape index (κ1) is 19.0. The maximum Gasteiger partial charge on any atom is 0.221 e. The zero-order valence-electron chi connectivity index (χ0n) is 13.0. The lowest BCUT2D eigenvalue weighted by molar-refractivity contribution is -0.121. The fraction of sp³-hybridized carbons (Fsp3) is 0.222. The quantitative estimate of drug-likeness (QED) is 0.383. The van der Waals surface area contributed by atoms with Crippen molar-refractivity contribution < 1.29 is 9.59 Å². The Morgan fingerprint density at radius 3 is 2.29 bits per heavy atom. The van der Waals surface area contributed by atoms with E-state index in [-0.39, 0.29) is 18.1 Å². The van der Waals surface area contributed by atoms with Crippen LogP contribution in [0.2, 0.25) is 10.0 Å². The first-order valence-electron chi connectivity index (χ1n) is 7.39.